The normalized spacial score (nSPS) is 12.0. The molecule has 0 spiro atoms. The van der Waals surface area contributed by atoms with E-state index in [-0.39, 0.29) is 29.5 Å². The molecule has 0 bridgehead atoms. The Bertz CT molecular complexity index is 508. The van der Waals surface area contributed by atoms with Gasteiger partial charge in [0, 0.05) is 13.0 Å². The molecule has 0 saturated heterocycles. The van der Waals surface area contributed by atoms with Crippen LogP contribution in [0.3, 0.4) is 0 Å². The van der Waals surface area contributed by atoms with Crippen LogP contribution in [0.5, 0.6) is 0 Å². The van der Waals surface area contributed by atoms with Crippen molar-refractivity contribution in [3.8, 4) is 0 Å². The summed E-state index contributed by atoms with van der Waals surface area (Å²) in [4.78, 5) is 22.1. The van der Waals surface area contributed by atoms with Crippen molar-refractivity contribution in [2.45, 2.75) is 13.3 Å². The van der Waals surface area contributed by atoms with Crippen LogP contribution >= 0.6 is 11.6 Å². The van der Waals surface area contributed by atoms with Gasteiger partial charge in [0.1, 0.15) is 0 Å². The number of aliphatic carboxylic acids is 1. The highest BCUT2D eigenvalue weighted by atomic mass is 35.5. The SMILES string of the molecule is CC(CNC(=O)c1cc(F)c(F)cc1Cl)CC(=O)O. The molecule has 2 N–H and O–H groups in total. The molecule has 104 valence electrons. The predicted molar refractivity (Wildman–Crippen MR) is 65.1 cm³/mol. The summed E-state index contributed by atoms with van der Waals surface area (Å²) < 4.78 is 25.8. The number of carboxylic acid groups (broad SMARTS) is 1. The van der Waals surface area contributed by atoms with Gasteiger partial charge in [-0.15, -0.1) is 0 Å². The van der Waals surface area contributed by atoms with Crippen LogP contribution < -0.4 is 5.32 Å². The Labute approximate surface area is 113 Å². The van der Waals surface area contributed by atoms with Crippen LogP contribution in [0.2, 0.25) is 5.02 Å². The van der Waals surface area contributed by atoms with Gasteiger partial charge >= 0.3 is 5.97 Å². The van der Waals surface area contributed by atoms with Gasteiger partial charge in [0.25, 0.3) is 5.91 Å². The lowest BCUT2D eigenvalue weighted by atomic mass is 10.1. The summed E-state index contributed by atoms with van der Waals surface area (Å²) in [5.41, 5.74) is -0.192. The van der Waals surface area contributed by atoms with Crippen LogP contribution in [0.15, 0.2) is 12.1 Å². The summed E-state index contributed by atoms with van der Waals surface area (Å²) in [7, 11) is 0. The Kier molecular flexibility index (Phi) is 5.23. The predicted octanol–water partition coefficient (Wildman–Crippen LogP) is 2.46. The molecule has 1 amide bonds. The van der Waals surface area contributed by atoms with Crippen molar-refractivity contribution in [2.75, 3.05) is 6.54 Å². The molecule has 0 radical (unpaired) electrons. The first kappa shape index (κ1) is 15.4. The zero-order valence-corrected chi connectivity index (χ0v) is 10.8. The third kappa shape index (κ3) is 4.48. The van der Waals surface area contributed by atoms with Gasteiger partial charge in [-0.25, -0.2) is 8.78 Å². The molecule has 0 aliphatic heterocycles. The number of hydrogen-bond acceptors (Lipinski definition) is 2. The maximum atomic E-state index is 13.0. The van der Waals surface area contributed by atoms with E-state index in [1.54, 1.807) is 6.92 Å². The van der Waals surface area contributed by atoms with Crippen LogP contribution in [0.1, 0.15) is 23.7 Å². The Morgan fingerprint density at radius 2 is 1.95 bits per heavy atom. The summed E-state index contributed by atoms with van der Waals surface area (Å²) in [6.45, 7) is 1.74. The van der Waals surface area contributed by atoms with Crippen molar-refractivity contribution in [3.63, 3.8) is 0 Å². The molecule has 7 heteroatoms. The number of rotatable bonds is 5. The molecule has 0 aliphatic carbocycles. The van der Waals surface area contributed by atoms with E-state index in [4.69, 9.17) is 16.7 Å². The Balaban J connectivity index is 2.69. The molecule has 1 aromatic carbocycles. The largest absolute Gasteiger partial charge is 0.481 e. The van der Waals surface area contributed by atoms with Crippen molar-refractivity contribution in [1.82, 2.24) is 5.32 Å². The monoisotopic (exact) mass is 291 g/mol. The molecule has 0 aromatic heterocycles. The molecular formula is C12H12ClF2NO3. The standard InChI is InChI=1S/C12H12ClF2NO3/c1-6(2-11(17)18)5-16-12(19)7-3-9(14)10(15)4-8(7)13/h3-4,6H,2,5H2,1H3,(H,16,19)(H,17,18). The van der Waals surface area contributed by atoms with Gasteiger partial charge in [-0.05, 0) is 18.1 Å². The number of amides is 1. The maximum Gasteiger partial charge on any atom is 0.303 e. The molecule has 19 heavy (non-hydrogen) atoms. The van der Waals surface area contributed by atoms with Crippen molar-refractivity contribution < 1.29 is 23.5 Å². The highest BCUT2D eigenvalue weighted by Gasteiger charge is 2.16. The summed E-state index contributed by atoms with van der Waals surface area (Å²) >= 11 is 5.63. The minimum Gasteiger partial charge on any atom is -0.481 e. The topological polar surface area (TPSA) is 66.4 Å². The van der Waals surface area contributed by atoms with E-state index < -0.39 is 23.5 Å². The van der Waals surface area contributed by atoms with E-state index in [2.05, 4.69) is 5.32 Å². The van der Waals surface area contributed by atoms with Gasteiger partial charge in [0.2, 0.25) is 0 Å². The fourth-order valence-corrected chi connectivity index (χ4v) is 1.67. The lowest BCUT2D eigenvalue weighted by Crippen LogP contribution is -2.29. The summed E-state index contributed by atoms with van der Waals surface area (Å²) in [6, 6.07) is 1.42. The van der Waals surface area contributed by atoms with Gasteiger partial charge in [-0.2, -0.15) is 0 Å². The summed E-state index contributed by atoms with van der Waals surface area (Å²) in [5.74, 6) is -4.26. The number of carbonyl (C=O) groups is 2. The van der Waals surface area contributed by atoms with Crippen molar-refractivity contribution in [3.05, 3.63) is 34.4 Å². The molecule has 0 aliphatic rings. The Morgan fingerprint density at radius 1 is 1.37 bits per heavy atom. The quantitative estimate of drug-likeness (QED) is 0.819. The second-order valence-corrected chi connectivity index (χ2v) is 4.57. The first-order chi connectivity index (χ1) is 8.81. The Morgan fingerprint density at radius 3 is 2.53 bits per heavy atom. The molecule has 1 aromatic rings. The fraction of sp³-hybridized carbons (Fsp3) is 0.333. The zero-order chi connectivity index (χ0) is 14.6. The average molecular weight is 292 g/mol. The van der Waals surface area contributed by atoms with Gasteiger partial charge in [-0.1, -0.05) is 18.5 Å². The highest BCUT2D eigenvalue weighted by Crippen LogP contribution is 2.20. The first-order valence-electron chi connectivity index (χ1n) is 5.45. The van der Waals surface area contributed by atoms with Gasteiger partial charge < -0.3 is 10.4 Å². The fourth-order valence-electron chi connectivity index (χ4n) is 1.43. The average Bonchev–Trinajstić information content (AvgIpc) is 2.30. The van der Waals surface area contributed by atoms with E-state index in [1.165, 1.54) is 0 Å². The van der Waals surface area contributed by atoms with E-state index in [1.807, 2.05) is 0 Å². The first-order valence-corrected chi connectivity index (χ1v) is 5.83. The van der Waals surface area contributed by atoms with Crippen LogP contribution in [0, 0.1) is 17.6 Å². The number of nitrogens with one attached hydrogen (secondary N) is 1. The lowest BCUT2D eigenvalue weighted by molar-refractivity contribution is -0.137. The number of hydrogen-bond donors (Lipinski definition) is 2. The minimum atomic E-state index is -1.17. The van der Waals surface area contributed by atoms with Crippen molar-refractivity contribution in [1.29, 1.82) is 0 Å². The van der Waals surface area contributed by atoms with Crippen LogP contribution in [-0.4, -0.2) is 23.5 Å². The van der Waals surface area contributed by atoms with Gasteiger partial charge in [0.15, 0.2) is 11.6 Å². The molecule has 1 rings (SSSR count). The summed E-state index contributed by atoms with van der Waals surface area (Å²) in [6.07, 6.45) is -0.105. The van der Waals surface area contributed by atoms with Gasteiger partial charge in [-0.3, -0.25) is 9.59 Å². The smallest absolute Gasteiger partial charge is 0.303 e. The highest BCUT2D eigenvalue weighted by molar-refractivity contribution is 6.33. The number of carbonyl (C=O) groups excluding carboxylic acids is 1. The van der Waals surface area contributed by atoms with E-state index in [9.17, 15) is 18.4 Å². The Hall–Kier alpha value is -1.69. The third-order valence-electron chi connectivity index (χ3n) is 2.39. The third-order valence-corrected chi connectivity index (χ3v) is 2.70. The second-order valence-electron chi connectivity index (χ2n) is 4.16. The van der Waals surface area contributed by atoms with E-state index in [0.29, 0.717) is 12.1 Å². The van der Waals surface area contributed by atoms with Crippen molar-refractivity contribution in [2.24, 2.45) is 5.92 Å². The molecule has 0 saturated carbocycles. The molecule has 4 nitrogen and oxygen atoms in total. The van der Waals surface area contributed by atoms with Crippen molar-refractivity contribution >= 4 is 23.5 Å². The maximum absolute atomic E-state index is 13.0. The molecule has 1 unspecified atom stereocenters. The number of benzene rings is 1. The molecular weight excluding hydrogens is 280 g/mol. The minimum absolute atomic E-state index is 0.0977. The zero-order valence-electron chi connectivity index (χ0n) is 10.0. The molecule has 0 fully saturated rings. The van der Waals surface area contributed by atoms with Crippen LogP contribution in [0.4, 0.5) is 8.78 Å². The van der Waals surface area contributed by atoms with E-state index in [0.717, 1.165) is 0 Å². The van der Waals surface area contributed by atoms with Crippen LogP contribution in [0.25, 0.3) is 0 Å². The lowest BCUT2D eigenvalue weighted by Gasteiger charge is -2.11. The van der Waals surface area contributed by atoms with Crippen LogP contribution in [-0.2, 0) is 4.79 Å². The molecule has 0 heterocycles. The number of halogens is 3. The summed E-state index contributed by atoms with van der Waals surface area (Å²) in [5, 5.41) is 10.8. The number of carboxylic acids is 1. The van der Waals surface area contributed by atoms with Gasteiger partial charge in [0.05, 0.1) is 10.6 Å². The molecule has 1 atom stereocenters. The van der Waals surface area contributed by atoms with E-state index >= 15 is 0 Å². The second kappa shape index (κ2) is 6.47.